The number of aryl methyl sites for hydroxylation is 1. The Hall–Kier alpha value is -2.27. The van der Waals surface area contributed by atoms with E-state index in [0.29, 0.717) is 25.2 Å². The van der Waals surface area contributed by atoms with Crippen molar-refractivity contribution in [2.75, 3.05) is 13.2 Å². The molecule has 3 N–H and O–H groups in total. The Morgan fingerprint density at radius 3 is 3.00 bits per heavy atom. The molecule has 0 fully saturated rings. The highest BCUT2D eigenvalue weighted by molar-refractivity contribution is 5.92. The van der Waals surface area contributed by atoms with Crippen molar-refractivity contribution in [3.8, 4) is 0 Å². The topological polar surface area (TPSA) is 70.6 Å². The van der Waals surface area contributed by atoms with Crippen LogP contribution in [0.4, 0.5) is 0 Å². The molecule has 0 saturated heterocycles. The Bertz CT molecular complexity index is 573. The third-order valence-electron chi connectivity index (χ3n) is 3.50. The molecule has 1 aromatic rings. The first kappa shape index (κ1) is 17.1. The quantitative estimate of drug-likeness (QED) is 0.505. The number of ether oxygens (including phenoxy) is 1. The van der Waals surface area contributed by atoms with E-state index in [1.165, 1.54) is 5.56 Å². The van der Waals surface area contributed by atoms with Crippen LogP contribution in [0.2, 0.25) is 0 Å². The van der Waals surface area contributed by atoms with Gasteiger partial charge in [0, 0.05) is 26.1 Å². The van der Waals surface area contributed by atoms with Gasteiger partial charge >= 0.3 is 0 Å². The molecule has 1 unspecified atom stereocenters. The van der Waals surface area contributed by atoms with E-state index in [4.69, 9.17) is 9.84 Å². The van der Waals surface area contributed by atoms with E-state index in [1.54, 1.807) is 6.26 Å². The third kappa shape index (κ3) is 5.79. The standard InChI is InChI=1S/C18H24N2O3/c1-14-5-2-6-15(11-14)13-20-17(12-16-7-3-10-23-16)18(22)19-8-4-9-21/h2-3,5-6,10-12,16,20-21H,4,7-9,13H2,1H3,(H,19,22)/b17-12-. The number of carbonyl (C=O) groups is 1. The fourth-order valence-electron chi connectivity index (χ4n) is 2.31. The Morgan fingerprint density at radius 1 is 1.43 bits per heavy atom. The van der Waals surface area contributed by atoms with Gasteiger partial charge in [0.05, 0.1) is 12.0 Å². The molecule has 0 aromatic heterocycles. The van der Waals surface area contributed by atoms with Crippen molar-refractivity contribution in [1.82, 2.24) is 10.6 Å². The molecular weight excluding hydrogens is 292 g/mol. The molecule has 2 rings (SSSR count). The summed E-state index contributed by atoms with van der Waals surface area (Å²) in [5, 5.41) is 14.8. The summed E-state index contributed by atoms with van der Waals surface area (Å²) in [7, 11) is 0. The maximum absolute atomic E-state index is 12.3. The second-order valence-electron chi connectivity index (χ2n) is 5.54. The van der Waals surface area contributed by atoms with Crippen LogP contribution in [0.1, 0.15) is 24.0 Å². The third-order valence-corrected chi connectivity index (χ3v) is 3.50. The summed E-state index contributed by atoms with van der Waals surface area (Å²) >= 11 is 0. The molecule has 23 heavy (non-hydrogen) atoms. The number of hydrogen-bond acceptors (Lipinski definition) is 4. The minimum absolute atomic E-state index is 0.0612. The van der Waals surface area contributed by atoms with E-state index >= 15 is 0 Å². The molecule has 1 aromatic carbocycles. The normalized spacial score (nSPS) is 17.0. The molecule has 0 saturated carbocycles. The predicted octanol–water partition coefficient (Wildman–Crippen LogP) is 1.77. The van der Waals surface area contributed by atoms with Gasteiger partial charge in [-0.05, 0) is 31.1 Å². The van der Waals surface area contributed by atoms with Crippen LogP contribution in [0, 0.1) is 6.92 Å². The molecule has 0 radical (unpaired) electrons. The van der Waals surface area contributed by atoms with Crippen LogP contribution in [0.15, 0.2) is 48.4 Å². The van der Waals surface area contributed by atoms with Crippen molar-refractivity contribution in [3.63, 3.8) is 0 Å². The average Bonchev–Trinajstić information content (AvgIpc) is 3.04. The lowest BCUT2D eigenvalue weighted by Gasteiger charge is -2.14. The summed E-state index contributed by atoms with van der Waals surface area (Å²) in [6.07, 6.45) is 6.59. The maximum atomic E-state index is 12.3. The lowest BCUT2D eigenvalue weighted by Crippen LogP contribution is -2.33. The number of amides is 1. The smallest absolute Gasteiger partial charge is 0.267 e. The summed E-state index contributed by atoms with van der Waals surface area (Å²) in [4.78, 5) is 12.3. The van der Waals surface area contributed by atoms with Crippen LogP contribution in [0.25, 0.3) is 0 Å². The second-order valence-corrected chi connectivity index (χ2v) is 5.54. The highest BCUT2D eigenvalue weighted by Gasteiger charge is 2.15. The summed E-state index contributed by atoms with van der Waals surface area (Å²) in [5.41, 5.74) is 2.80. The Labute approximate surface area is 137 Å². The van der Waals surface area contributed by atoms with Gasteiger partial charge in [0.1, 0.15) is 6.10 Å². The van der Waals surface area contributed by atoms with E-state index in [1.807, 2.05) is 37.3 Å². The number of benzene rings is 1. The van der Waals surface area contributed by atoms with Crippen LogP contribution >= 0.6 is 0 Å². The molecule has 0 bridgehead atoms. The largest absolute Gasteiger partial charge is 0.494 e. The molecule has 124 valence electrons. The van der Waals surface area contributed by atoms with Gasteiger partial charge in [-0.3, -0.25) is 4.79 Å². The minimum Gasteiger partial charge on any atom is -0.494 e. The number of aliphatic hydroxyl groups is 1. The molecule has 1 aliphatic rings. The van der Waals surface area contributed by atoms with Crippen LogP contribution in [-0.4, -0.2) is 30.3 Å². The Kier molecular flexibility index (Phi) is 6.69. The Morgan fingerprint density at radius 2 is 2.30 bits per heavy atom. The molecule has 1 amide bonds. The molecule has 5 heteroatoms. The number of aliphatic hydroxyl groups excluding tert-OH is 1. The first-order chi connectivity index (χ1) is 11.2. The molecule has 0 aliphatic carbocycles. The van der Waals surface area contributed by atoms with Crippen molar-refractivity contribution >= 4 is 5.91 Å². The zero-order valence-corrected chi connectivity index (χ0v) is 13.4. The molecule has 5 nitrogen and oxygen atoms in total. The molecular formula is C18H24N2O3. The summed E-state index contributed by atoms with van der Waals surface area (Å²) in [6, 6.07) is 8.15. The predicted molar refractivity (Wildman–Crippen MR) is 89.4 cm³/mol. The number of nitrogens with one attached hydrogen (secondary N) is 2. The van der Waals surface area contributed by atoms with Crippen molar-refractivity contribution < 1.29 is 14.6 Å². The van der Waals surface area contributed by atoms with E-state index in [-0.39, 0.29) is 18.6 Å². The first-order valence-electron chi connectivity index (χ1n) is 7.90. The molecule has 1 atom stereocenters. The van der Waals surface area contributed by atoms with Crippen LogP contribution in [0.5, 0.6) is 0 Å². The number of carbonyl (C=O) groups excluding carboxylic acids is 1. The van der Waals surface area contributed by atoms with Crippen molar-refractivity contribution in [3.05, 3.63) is 59.5 Å². The van der Waals surface area contributed by atoms with E-state index < -0.39 is 0 Å². The fourth-order valence-corrected chi connectivity index (χ4v) is 2.31. The zero-order valence-electron chi connectivity index (χ0n) is 13.4. The SMILES string of the molecule is Cc1cccc(CN/C(=C\C2CC=CO2)C(=O)NCCCO)c1. The van der Waals surface area contributed by atoms with Gasteiger partial charge in [0.15, 0.2) is 0 Å². The van der Waals surface area contributed by atoms with Gasteiger partial charge in [-0.2, -0.15) is 0 Å². The summed E-state index contributed by atoms with van der Waals surface area (Å²) < 4.78 is 5.41. The fraction of sp³-hybridized carbons (Fsp3) is 0.389. The zero-order chi connectivity index (χ0) is 16.5. The molecule has 0 spiro atoms. The average molecular weight is 316 g/mol. The van der Waals surface area contributed by atoms with Gasteiger partial charge < -0.3 is 20.5 Å². The highest BCUT2D eigenvalue weighted by atomic mass is 16.5. The summed E-state index contributed by atoms with van der Waals surface area (Å²) in [6.45, 7) is 3.12. The first-order valence-corrected chi connectivity index (χ1v) is 7.90. The summed E-state index contributed by atoms with van der Waals surface area (Å²) in [5.74, 6) is -0.179. The van der Waals surface area contributed by atoms with E-state index in [0.717, 1.165) is 12.0 Å². The van der Waals surface area contributed by atoms with Crippen LogP contribution in [0.3, 0.4) is 0 Å². The number of hydrogen-bond donors (Lipinski definition) is 3. The second kappa shape index (κ2) is 9.00. The van der Waals surface area contributed by atoms with E-state index in [9.17, 15) is 4.79 Å². The number of rotatable bonds is 8. The lowest BCUT2D eigenvalue weighted by atomic mass is 10.1. The van der Waals surface area contributed by atoms with Gasteiger partial charge in [-0.1, -0.05) is 29.8 Å². The van der Waals surface area contributed by atoms with Crippen LogP contribution < -0.4 is 10.6 Å². The highest BCUT2D eigenvalue weighted by Crippen LogP contribution is 2.12. The van der Waals surface area contributed by atoms with Gasteiger partial charge in [0.25, 0.3) is 5.91 Å². The van der Waals surface area contributed by atoms with Crippen LogP contribution in [-0.2, 0) is 16.1 Å². The van der Waals surface area contributed by atoms with Gasteiger partial charge in [0.2, 0.25) is 0 Å². The lowest BCUT2D eigenvalue weighted by molar-refractivity contribution is -0.118. The van der Waals surface area contributed by atoms with Crippen molar-refractivity contribution in [2.24, 2.45) is 0 Å². The maximum Gasteiger partial charge on any atom is 0.267 e. The molecule has 1 aliphatic heterocycles. The van der Waals surface area contributed by atoms with Gasteiger partial charge in [-0.25, -0.2) is 0 Å². The Balaban J connectivity index is 1.99. The minimum atomic E-state index is -0.179. The van der Waals surface area contributed by atoms with Crippen molar-refractivity contribution in [1.29, 1.82) is 0 Å². The monoisotopic (exact) mass is 316 g/mol. The molecule has 1 heterocycles. The van der Waals surface area contributed by atoms with Gasteiger partial charge in [-0.15, -0.1) is 0 Å². The van der Waals surface area contributed by atoms with E-state index in [2.05, 4.69) is 16.7 Å². The van der Waals surface area contributed by atoms with Crippen molar-refractivity contribution in [2.45, 2.75) is 32.4 Å².